The fourth-order valence-corrected chi connectivity index (χ4v) is 3.13. The van der Waals surface area contributed by atoms with E-state index in [0.717, 1.165) is 24.4 Å². The Morgan fingerprint density at radius 2 is 2.28 bits per heavy atom. The van der Waals surface area contributed by atoms with Gasteiger partial charge in [0.25, 0.3) is 0 Å². The van der Waals surface area contributed by atoms with Crippen LogP contribution < -0.4 is 10.1 Å². The van der Waals surface area contributed by atoms with Crippen LogP contribution in [0.3, 0.4) is 0 Å². The number of carboxylic acid groups (broad SMARTS) is 1. The lowest BCUT2D eigenvalue weighted by Crippen LogP contribution is -2.31. The number of nitrogens with one attached hydrogen (secondary N) is 1. The summed E-state index contributed by atoms with van der Waals surface area (Å²) in [5, 5.41) is 11.7. The van der Waals surface area contributed by atoms with E-state index in [2.05, 4.69) is 14.9 Å². The first-order valence-electron chi connectivity index (χ1n) is 7.90. The van der Waals surface area contributed by atoms with E-state index in [4.69, 9.17) is 21.4 Å². The number of aromatic nitrogens is 2. The highest BCUT2D eigenvalue weighted by Gasteiger charge is 2.26. The molecule has 0 radical (unpaired) electrons. The van der Waals surface area contributed by atoms with Crippen LogP contribution in [-0.4, -0.2) is 33.1 Å². The summed E-state index contributed by atoms with van der Waals surface area (Å²) < 4.78 is 7.14. The molecule has 7 nitrogen and oxygen atoms in total. The minimum absolute atomic E-state index is 0.0750. The zero-order valence-electron chi connectivity index (χ0n) is 13.7. The lowest BCUT2D eigenvalue weighted by atomic mass is 9.97. The lowest BCUT2D eigenvalue weighted by molar-refractivity contribution is -0.139. The number of imidazole rings is 1. The number of aliphatic carboxylic acids is 1. The zero-order chi connectivity index (χ0) is 18.0. The third-order valence-electron chi connectivity index (χ3n) is 4.21. The van der Waals surface area contributed by atoms with Crippen molar-refractivity contribution in [3.05, 3.63) is 40.9 Å². The number of carbonyl (C=O) groups excluding carboxylic acids is 1. The number of carboxylic acids is 1. The van der Waals surface area contributed by atoms with Crippen LogP contribution in [0.5, 0.6) is 5.75 Å². The number of anilines is 1. The number of halogens is 1. The molecule has 0 aliphatic carbocycles. The van der Waals surface area contributed by atoms with Gasteiger partial charge in [0, 0.05) is 24.1 Å². The maximum Gasteiger partial charge on any atom is 0.341 e. The summed E-state index contributed by atoms with van der Waals surface area (Å²) in [4.78, 5) is 27.3. The molecule has 8 heteroatoms. The summed E-state index contributed by atoms with van der Waals surface area (Å²) in [6, 6.07) is 4.73. The van der Waals surface area contributed by atoms with Crippen molar-refractivity contribution in [2.45, 2.75) is 26.3 Å². The Morgan fingerprint density at radius 1 is 1.48 bits per heavy atom. The van der Waals surface area contributed by atoms with Gasteiger partial charge in [0.15, 0.2) is 6.61 Å². The van der Waals surface area contributed by atoms with Crippen molar-refractivity contribution >= 4 is 29.2 Å². The van der Waals surface area contributed by atoms with Gasteiger partial charge in [0.05, 0.1) is 10.9 Å². The topological polar surface area (TPSA) is 93.5 Å². The second kappa shape index (κ2) is 7.14. The normalized spacial score (nSPS) is 16.2. The van der Waals surface area contributed by atoms with Crippen molar-refractivity contribution in [2.24, 2.45) is 5.92 Å². The molecule has 1 amide bonds. The molecule has 0 saturated heterocycles. The Labute approximate surface area is 149 Å². The average Bonchev–Trinajstić information content (AvgIpc) is 2.94. The molecule has 1 aliphatic heterocycles. The van der Waals surface area contributed by atoms with Gasteiger partial charge >= 0.3 is 5.97 Å². The molecule has 1 unspecified atom stereocenters. The number of ether oxygens (including phenoxy) is 1. The summed E-state index contributed by atoms with van der Waals surface area (Å²) in [7, 11) is 0. The van der Waals surface area contributed by atoms with Crippen molar-refractivity contribution in [1.82, 2.24) is 9.55 Å². The van der Waals surface area contributed by atoms with Crippen LogP contribution in [-0.2, 0) is 22.6 Å². The molecular formula is C17H18ClN3O4. The second-order valence-corrected chi connectivity index (χ2v) is 6.37. The summed E-state index contributed by atoms with van der Waals surface area (Å²) in [5.41, 5.74) is 1.70. The number of carbonyl (C=O) groups is 2. The number of nitrogens with zero attached hydrogens (tertiary/aromatic N) is 2. The van der Waals surface area contributed by atoms with Crippen molar-refractivity contribution in [3.8, 4) is 5.75 Å². The molecule has 0 saturated carbocycles. The standard InChI is InChI=1S/C17H18ClN3O4/c1-10-19-7-13-4-2-11(8-21(10)13)17(24)20-12-3-5-15(14(18)6-12)25-9-16(22)23/h3,5-7,11H,2,4,8-9H2,1H3,(H,20,24)(H,22,23). The van der Waals surface area contributed by atoms with Crippen LogP contribution in [0.2, 0.25) is 5.02 Å². The first-order chi connectivity index (χ1) is 11.9. The predicted molar refractivity (Wildman–Crippen MR) is 92.0 cm³/mol. The molecular weight excluding hydrogens is 346 g/mol. The smallest absolute Gasteiger partial charge is 0.341 e. The molecule has 0 bridgehead atoms. The maximum atomic E-state index is 12.5. The minimum atomic E-state index is -1.08. The third-order valence-corrected chi connectivity index (χ3v) is 4.51. The Hall–Kier alpha value is -2.54. The largest absolute Gasteiger partial charge is 0.480 e. The molecule has 0 spiro atoms. The summed E-state index contributed by atoms with van der Waals surface area (Å²) >= 11 is 6.07. The van der Waals surface area contributed by atoms with Crippen LogP contribution in [0.4, 0.5) is 5.69 Å². The van der Waals surface area contributed by atoms with Gasteiger partial charge in [-0.2, -0.15) is 0 Å². The number of aryl methyl sites for hydroxylation is 2. The van der Waals surface area contributed by atoms with Crippen LogP contribution in [0, 0.1) is 12.8 Å². The molecule has 0 fully saturated rings. The molecule has 1 atom stereocenters. The van der Waals surface area contributed by atoms with E-state index >= 15 is 0 Å². The Kier molecular flexibility index (Phi) is 4.94. The summed E-state index contributed by atoms with van der Waals surface area (Å²) in [6.45, 7) is 2.07. The van der Waals surface area contributed by atoms with E-state index in [1.165, 1.54) is 0 Å². The van der Waals surface area contributed by atoms with Gasteiger partial charge < -0.3 is 19.7 Å². The van der Waals surface area contributed by atoms with Gasteiger partial charge in [-0.15, -0.1) is 0 Å². The van der Waals surface area contributed by atoms with E-state index in [9.17, 15) is 9.59 Å². The van der Waals surface area contributed by atoms with Crippen LogP contribution in [0.25, 0.3) is 0 Å². The van der Waals surface area contributed by atoms with Crippen molar-refractivity contribution in [1.29, 1.82) is 0 Å². The van der Waals surface area contributed by atoms with Crippen molar-refractivity contribution in [3.63, 3.8) is 0 Å². The maximum absolute atomic E-state index is 12.5. The zero-order valence-corrected chi connectivity index (χ0v) is 14.4. The van der Waals surface area contributed by atoms with Gasteiger partial charge in [0.1, 0.15) is 11.6 Å². The number of hydrogen-bond acceptors (Lipinski definition) is 4. The van der Waals surface area contributed by atoms with Gasteiger partial charge in [-0.1, -0.05) is 11.6 Å². The molecule has 25 heavy (non-hydrogen) atoms. The summed E-state index contributed by atoms with van der Waals surface area (Å²) in [5.74, 6) is -0.120. The minimum Gasteiger partial charge on any atom is -0.480 e. The highest BCUT2D eigenvalue weighted by molar-refractivity contribution is 6.32. The first-order valence-corrected chi connectivity index (χ1v) is 8.28. The fraction of sp³-hybridized carbons (Fsp3) is 0.353. The van der Waals surface area contributed by atoms with Crippen LogP contribution in [0.1, 0.15) is 17.9 Å². The Morgan fingerprint density at radius 3 is 3.00 bits per heavy atom. The van der Waals surface area contributed by atoms with Gasteiger partial charge in [-0.25, -0.2) is 9.78 Å². The number of benzene rings is 1. The Balaban J connectivity index is 1.64. The number of hydrogen-bond donors (Lipinski definition) is 2. The highest BCUT2D eigenvalue weighted by Crippen LogP contribution is 2.29. The molecule has 1 aromatic heterocycles. The lowest BCUT2D eigenvalue weighted by Gasteiger charge is -2.24. The fourth-order valence-electron chi connectivity index (χ4n) is 2.89. The van der Waals surface area contributed by atoms with E-state index in [1.807, 2.05) is 13.1 Å². The van der Waals surface area contributed by atoms with Crippen molar-refractivity contribution in [2.75, 3.05) is 11.9 Å². The highest BCUT2D eigenvalue weighted by atomic mass is 35.5. The molecule has 1 aromatic carbocycles. The Bertz CT molecular complexity index is 818. The van der Waals surface area contributed by atoms with E-state index in [0.29, 0.717) is 12.2 Å². The molecule has 2 N–H and O–H groups in total. The monoisotopic (exact) mass is 363 g/mol. The molecule has 1 aliphatic rings. The third kappa shape index (κ3) is 3.93. The molecule has 132 valence electrons. The van der Waals surface area contributed by atoms with Gasteiger partial charge in [-0.05, 0) is 38.0 Å². The van der Waals surface area contributed by atoms with Gasteiger partial charge in [-0.3, -0.25) is 4.79 Å². The number of rotatable bonds is 5. The molecule has 2 heterocycles. The quantitative estimate of drug-likeness (QED) is 0.851. The number of amides is 1. The van der Waals surface area contributed by atoms with E-state index < -0.39 is 12.6 Å². The van der Waals surface area contributed by atoms with Crippen LogP contribution in [0.15, 0.2) is 24.4 Å². The first kappa shape index (κ1) is 17.3. The summed E-state index contributed by atoms with van der Waals surface area (Å²) in [6.07, 6.45) is 3.45. The second-order valence-electron chi connectivity index (χ2n) is 5.96. The van der Waals surface area contributed by atoms with Gasteiger partial charge in [0.2, 0.25) is 5.91 Å². The average molecular weight is 364 g/mol. The van der Waals surface area contributed by atoms with E-state index in [1.54, 1.807) is 18.2 Å². The molecule has 2 aromatic rings. The number of fused-ring (bicyclic) bond motifs is 1. The van der Waals surface area contributed by atoms with E-state index in [-0.39, 0.29) is 22.6 Å². The molecule has 3 rings (SSSR count). The predicted octanol–water partition coefficient (Wildman–Crippen LogP) is 2.51. The SMILES string of the molecule is Cc1ncc2n1CC(C(=O)Nc1ccc(OCC(=O)O)c(Cl)c1)CC2. The van der Waals surface area contributed by atoms with Crippen LogP contribution >= 0.6 is 11.6 Å². The van der Waals surface area contributed by atoms with Crippen molar-refractivity contribution < 1.29 is 19.4 Å².